The van der Waals surface area contributed by atoms with Crippen molar-refractivity contribution in [1.82, 2.24) is 4.72 Å². The van der Waals surface area contributed by atoms with Crippen LogP contribution in [0.25, 0.3) is 0 Å². The predicted molar refractivity (Wildman–Crippen MR) is 81.6 cm³/mol. The summed E-state index contributed by atoms with van der Waals surface area (Å²) in [5.41, 5.74) is 7.24. The van der Waals surface area contributed by atoms with Gasteiger partial charge in [0.05, 0.1) is 5.75 Å². The van der Waals surface area contributed by atoms with Crippen LogP contribution in [-0.2, 0) is 22.2 Å². The molecule has 0 spiro atoms. The lowest BCUT2D eigenvalue weighted by molar-refractivity contribution is 0.576. The van der Waals surface area contributed by atoms with Crippen LogP contribution >= 0.6 is 0 Å². The number of benzene rings is 2. The fourth-order valence-corrected chi connectivity index (χ4v) is 3.13. The van der Waals surface area contributed by atoms with Crippen LogP contribution in [0, 0.1) is 5.82 Å². The van der Waals surface area contributed by atoms with Crippen molar-refractivity contribution >= 4 is 15.7 Å². The molecule has 0 fully saturated rings. The van der Waals surface area contributed by atoms with Crippen molar-refractivity contribution in [2.75, 3.05) is 12.3 Å². The Hall–Kier alpha value is -1.92. The maximum Gasteiger partial charge on any atom is 0.215 e. The molecule has 4 nitrogen and oxygen atoms in total. The fourth-order valence-electron chi connectivity index (χ4n) is 2.00. The molecule has 0 saturated heterocycles. The molecule has 0 aliphatic carbocycles. The van der Waals surface area contributed by atoms with E-state index < -0.39 is 10.0 Å². The van der Waals surface area contributed by atoms with Crippen molar-refractivity contribution in [3.8, 4) is 0 Å². The standard InChI is InChI=1S/C15H17FN2O2S/c16-15-7-2-1-5-13(15)8-9-18-21(19,20)11-12-4-3-6-14(17)10-12/h1-7,10,18H,8-9,11,17H2. The molecule has 0 unspecified atom stereocenters. The van der Waals surface area contributed by atoms with Crippen LogP contribution in [0.2, 0.25) is 0 Å². The molecule has 6 heteroatoms. The summed E-state index contributed by atoms with van der Waals surface area (Å²) < 4.78 is 39.8. The average Bonchev–Trinajstić information content (AvgIpc) is 2.40. The highest BCUT2D eigenvalue weighted by Gasteiger charge is 2.11. The van der Waals surface area contributed by atoms with Gasteiger partial charge in [-0.2, -0.15) is 0 Å². The second-order valence-corrected chi connectivity index (χ2v) is 6.55. The average molecular weight is 308 g/mol. The van der Waals surface area contributed by atoms with Crippen LogP contribution in [-0.4, -0.2) is 15.0 Å². The van der Waals surface area contributed by atoms with Gasteiger partial charge in [0.25, 0.3) is 0 Å². The number of nitrogens with two attached hydrogens (primary N) is 1. The Morgan fingerprint density at radius 1 is 1.10 bits per heavy atom. The van der Waals surface area contributed by atoms with Gasteiger partial charge in [0.1, 0.15) is 5.82 Å². The number of rotatable bonds is 6. The first-order valence-corrected chi connectivity index (χ1v) is 8.17. The molecule has 0 heterocycles. The quantitative estimate of drug-likeness (QED) is 0.802. The summed E-state index contributed by atoms with van der Waals surface area (Å²) in [6.07, 6.45) is 0.308. The predicted octanol–water partition coefficient (Wildman–Crippen LogP) is 2.07. The minimum atomic E-state index is -3.46. The Morgan fingerprint density at radius 2 is 1.86 bits per heavy atom. The highest BCUT2D eigenvalue weighted by molar-refractivity contribution is 7.88. The van der Waals surface area contributed by atoms with Gasteiger partial charge >= 0.3 is 0 Å². The highest BCUT2D eigenvalue weighted by Crippen LogP contribution is 2.10. The van der Waals surface area contributed by atoms with Gasteiger partial charge in [-0.25, -0.2) is 17.5 Å². The molecule has 0 amide bonds. The van der Waals surface area contributed by atoms with Crippen LogP contribution in [0.15, 0.2) is 48.5 Å². The lowest BCUT2D eigenvalue weighted by Gasteiger charge is -2.08. The maximum atomic E-state index is 13.4. The largest absolute Gasteiger partial charge is 0.399 e. The van der Waals surface area contributed by atoms with E-state index in [0.717, 1.165) is 0 Å². The molecule has 2 aromatic rings. The van der Waals surface area contributed by atoms with Crippen molar-refractivity contribution in [3.05, 3.63) is 65.5 Å². The lowest BCUT2D eigenvalue weighted by Crippen LogP contribution is -2.27. The Labute approximate surface area is 123 Å². The smallest absolute Gasteiger partial charge is 0.215 e. The van der Waals surface area contributed by atoms with E-state index in [9.17, 15) is 12.8 Å². The minimum absolute atomic E-state index is 0.144. The number of nitrogen functional groups attached to an aromatic ring is 1. The molecule has 0 atom stereocenters. The third kappa shape index (κ3) is 4.84. The Kier molecular flexibility index (Phi) is 4.93. The molecule has 0 saturated carbocycles. The Bertz CT molecular complexity index is 717. The summed E-state index contributed by atoms with van der Waals surface area (Å²) in [5, 5.41) is 0. The topological polar surface area (TPSA) is 72.2 Å². The van der Waals surface area contributed by atoms with Crippen molar-refractivity contribution < 1.29 is 12.8 Å². The number of nitrogens with one attached hydrogen (secondary N) is 1. The van der Waals surface area contributed by atoms with Crippen molar-refractivity contribution in [1.29, 1.82) is 0 Å². The third-order valence-electron chi connectivity index (χ3n) is 2.98. The highest BCUT2D eigenvalue weighted by atomic mass is 32.2. The van der Waals surface area contributed by atoms with Gasteiger partial charge in [-0.1, -0.05) is 30.3 Å². The number of anilines is 1. The summed E-state index contributed by atoms with van der Waals surface area (Å²) in [5.74, 6) is -0.470. The van der Waals surface area contributed by atoms with E-state index >= 15 is 0 Å². The van der Waals surface area contributed by atoms with Crippen molar-refractivity contribution in [3.63, 3.8) is 0 Å². The number of halogens is 1. The molecule has 0 aromatic heterocycles. The van der Waals surface area contributed by atoms with E-state index in [2.05, 4.69) is 4.72 Å². The molecule has 2 aromatic carbocycles. The van der Waals surface area contributed by atoms with E-state index in [4.69, 9.17) is 5.73 Å². The van der Waals surface area contributed by atoms with Gasteiger partial charge in [0.15, 0.2) is 0 Å². The van der Waals surface area contributed by atoms with E-state index in [1.807, 2.05) is 0 Å². The van der Waals surface area contributed by atoms with E-state index in [0.29, 0.717) is 23.2 Å². The molecule has 21 heavy (non-hydrogen) atoms. The zero-order valence-corrected chi connectivity index (χ0v) is 12.2. The van der Waals surface area contributed by atoms with Crippen LogP contribution in [0.3, 0.4) is 0 Å². The van der Waals surface area contributed by atoms with E-state index in [1.54, 1.807) is 42.5 Å². The Balaban J connectivity index is 1.91. The molecule has 0 aliphatic heterocycles. The molecule has 0 radical (unpaired) electrons. The molecule has 2 rings (SSSR count). The van der Waals surface area contributed by atoms with Gasteiger partial charge in [-0.15, -0.1) is 0 Å². The van der Waals surface area contributed by atoms with Gasteiger partial charge in [-0.3, -0.25) is 0 Å². The summed E-state index contributed by atoms with van der Waals surface area (Å²) in [7, 11) is -3.46. The summed E-state index contributed by atoms with van der Waals surface area (Å²) in [6, 6.07) is 13.0. The van der Waals surface area contributed by atoms with Gasteiger partial charge < -0.3 is 5.73 Å². The second-order valence-electron chi connectivity index (χ2n) is 4.74. The van der Waals surface area contributed by atoms with E-state index in [-0.39, 0.29) is 18.1 Å². The summed E-state index contributed by atoms with van der Waals surface area (Å²) in [6.45, 7) is 0.158. The van der Waals surface area contributed by atoms with Crippen LogP contribution in [0.4, 0.5) is 10.1 Å². The molecule has 3 N–H and O–H groups in total. The summed E-state index contributed by atoms with van der Waals surface area (Å²) >= 11 is 0. The molecule has 0 aliphatic rings. The first-order chi connectivity index (χ1) is 9.96. The van der Waals surface area contributed by atoms with E-state index in [1.165, 1.54) is 6.07 Å². The molecular weight excluding hydrogens is 291 g/mol. The molecule has 112 valence electrons. The normalized spacial score (nSPS) is 11.5. The van der Waals surface area contributed by atoms with Gasteiger partial charge in [0.2, 0.25) is 10.0 Å². The van der Waals surface area contributed by atoms with Crippen molar-refractivity contribution in [2.24, 2.45) is 0 Å². The second kappa shape index (κ2) is 6.69. The Morgan fingerprint density at radius 3 is 2.57 bits per heavy atom. The van der Waals surface area contributed by atoms with Gasteiger partial charge in [-0.05, 0) is 35.7 Å². The molecule has 0 bridgehead atoms. The van der Waals surface area contributed by atoms with Crippen LogP contribution in [0.5, 0.6) is 0 Å². The lowest BCUT2D eigenvalue weighted by atomic mass is 10.1. The zero-order chi connectivity index (χ0) is 15.3. The number of hydrogen-bond acceptors (Lipinski definition) is 3. The minimum Gasteiger partial charge on any atom is -0.399 e. The van der Waals surface area contributed by atoms with Crippen LogP contribution < -0.4 is 10.5 Å². The first kappa shape index (κ1) is 15.5. The monoisotopic (exact) mass is 308 g/mol. The zero-order valence-electron chi connectivity index (χ0n) is 11.4. The third-order valence-corrected chi connectivity index (χ3v) is 4.34. The fraction of sp³-hybridized carbons (Fsp3) is 0.200. The maximum absolute atomic E-state index is 13.4. The van der Waals surface area contributed by atoms with Crippen molar-refractivity contribution in [2.45, 2.75) is 12.2 Å². The van der Waals surface area contributed by atoms with Crippen LogP contribution in [0.1, 0.15) is 11.1 Å². The summed E-state index contributed by atoms with van der Waals surface area (Å²) in [4.78, 5) is 0. The SMILES string of the molecule is Nc1cccc(CS(=O)(=O)NCCc2ccccc2F)c1. The number of sulfonamides is 1. The van der Waals surface area contributed by atoms with Gasteiger partial charge in [0, 0.05) is 12.2 Å². The first-order valence-electron chi connectivity index (χ1n) is 6.51. The number of hydrogen-bond donors (Lipinski definition) is 2. The molecular formula is C15H17FN2O2S.